The molecule has 6 rings (SSSR count). The summed E-state index contributed by atoms with van der Waals surface area (Å²) in [6, 6.07) is 9.53. The lowest BCUT2D eigenvalue weighted by molar-refractivity contribution is 0.0290. The highest BCUT2D eigenvalue weighted by atomic mass is 16.5. The maximum absolute atomic E-state index is 9.52. The summed E-state index contributed by atoms with van der Waals surface area (Å²) >= 11 is 0. The minimum atomic E-state index is -0.366. The molecule has 10 nitrogen and oxygen atoms in total. The summed E-state index contributed by atoms with van der Waals surface area (Å²) in [5, 5.41) is 22.1. The first-order valence-electron chi connectivity index (χ1n) is 14.2. The first-order valence-corrected chi connectivity index (χ1v) is 14.2. The van der Waals surface area contributed by atoms with Crippen LogP contribution in [0.1, 0.15) is 48.7 Å². The van der Waals surface area contributed by atoms with Gasteiger partial charge in [0.25, 0.3) is 0 Å². The molecule has 1 N–H and O–H groups in total. The zero-order chi connectivity index (χ0) is 27.7. The van der Waals surface area contributed by atoms with E-state index in [9.17, 15) is 5.26 Å². The number of likely N-dealkylation sites (tertiary alicyclic amines) is 1. The molecule has 2 aromatic heterocycles. The van der Waals surface area contributed by atoms with Crippen LogP contribution in [0.4, 0.5) is 11.6 Å². The Kier molecular flexibility index (Phi) is 7.17. The van der Waals surface area contributed by atoms with Gasteiger partial charge in [0.2, 0.25) is 5.95 Å². The van der Waals surface area contributed by atoms with E-state index in [0.29, 0.717) is 37.3 Å². The third-order valence-electron chi connectivity index (χ3n) is 8.56. The number of rotatable bonds is 9. The van der Waals surface area contributed by atoms with Crippen LogP contribution in [0.2, 0.25) is 0 Å². The number of fused-ring (bicyclic) bond motifs is 1. The standard InChI is InChI=1S/C30H37N9O/c1-4-23-17-32-39(18-23)30(11-12-31)20-37(21-30)22(3)28-34-29(35-38(28)5-2)33-26-7-6-25-19-36(13-8-24(25)16-26)27-9-14-40-15-10-27/h5-7,16-18,27H,2-4,8-11,13-15,19-21H2,1H3,(H,33,35). The van der Waals surface area contributed by atoms with Crippen LogP contribution in [-0.2, 0) is 29.7 Å². The minimum absolute atomic E-state index is 0.366. The fourth-order valence-corrected chi connectivity index (χ4v) is 6.13. The third kappa shape index (κ3) is 4.91. The fraction of sp³-hybridized carbons (Fsp3) is 0.467. The van der Waals surface area contributed by atoms with Crippen molar-refractivity contribution in [3.8, 4) is 6.07 Å². The Labute approximate surface area is 235 Å². The second kappa shape index (κ2) is 10.9. The van der Waals surface area contributed by atoms with Gasteiger partial charge in [-0.25, -0.2) is 4.68 Å². The Morgan fingerprint density at radius 1 is 1.27 bits per heavy atom. The van der Waals surface area contributed by atoms with Crippen molar-refractivity contribution in [1.82, 2.24) is 34.3 Å². The van der Waals surface area contributed by atoms with Crippen LogP contribution in [-0.4, -0.2) is 73.2 Å². The zero-order valence-electron chi connectivity index (χ0n) is 23.2. The Bertz CT molecular complexity index is 1440. The second-order valence-electron chi connectivity index (χ2n) is 11.1. The van der Waals surface area contributed by atoms with Crippen molar-refractivity contribution in [2.24, 2.45) is 0 Å². The van der Waals surface area contributed by atoms with Crippen LogP contribution in [0.3, 0.4) is 0 Å². The van der Waals surface area contributed by atoms with E-state index in [1.807, 2.05) is 17.1 Å². The molecular weight excluding hydrogens is 502 g/mol. The summed E-state index contributed by atoms with van der Waals surface area (Å²) in [7, 11) is 0. The van der Waals surface area contributed by atoms with Gasteiger partial charge >= 0.3 is 0 Å². The smallest absolute Gasteiger partial charge is 0.247 e. The molecule has 2 saturated heterocycles. The van der Waals surface area contributed by atoms with Gasteiger partial charge in [0, 0.05) is 63.5 Å². The lowest BCUT2D eigenvalue weighted by Gasteiger charge is -2.50. The molecule has 3 aliphatic rings. The average Bonchev–Trinajstić information content (AvgIpc) is 3.62. The highest BCUT2D eigenvalue weighted by Gasteiger charge is 2.46. The number of nitriles is 1. The Morgan fingerprint density at radius 3 is 2.83 bits per heavy atom. The van der Waals surface area contributed by atoms with E-state index < -0.39 is 0 Å². The van der Waals surface area contributed by atoms with Gasteiger partial charge in [-0.05, 0) is 54.5 Å². The topological polar surface area (TPSA) is 100 Å². The minimum Gasteiger partial charge on any atom is -0.381 e. The molecule has 3 aromatic rings. The molecule has 40 heavy (non-hydrogen) atoms. The van der Waals surface area contributed by atoms with Crippen molar-refractivity contribution in [1.29, 1.82) is 5.26 Å². The predicted octanol–water partition coefficient (Wildman–Crippen LogP) is 4.01. The van der Waals surface area contributed by atoms with Gasteiger partial charge in [-0.3, -0.25) is 9.58 Å². The van der Waals surface area contributed by atoms with E-state index in [2.05, 4.69) is 69.7 Å². The predicted molar refractivity (Wildman–Crippen MR) is 155 cm³/mol. The molecule has 3 aliphatic heterocycles. The molecule has 0 saturated carbocycles. The maximum atomic E-state index is 9.52. The molecule has 2 fully saturated rings. The number of benzene rings is 1. The van der Waals surface area contributed by atoms with Gasteiger partial charge in [0.1, 0.15) is 5.54 Å². The molecule has 10 heteroatoms. The molecule has 0 atom stereocenters. The van der Waals surface area contributed by atoms with E-state index in [4.69, 9.17) is 9.72 Å². The van der Waals surface area contributed by atoms with Gasteiger partial charge in [0.15, 0.2) is 5.82 Å². The van der Waals surface area contributed by atoms with E-state index in [1.165, 1.54) is 11.1 Å². The molecule has 0 aliphatic carbocycles. The highest BCUT2D eigenvalue weighted by Crippen LogP contribution is 2.37. The highest BCUT2D eigenvalue weighted by molar-refractivity contribution is 5.62. The molecule has 0 amide bonds. The van der Waals surface area contributed by atoms with Crippen LogP contribution in [0.25, 0.3) is 11.9 Å². The van der Waals surface area contributed by atoms with Crippen molar-refractivity contribution in [2.75, 3.05) is 38.2 Å². The van der Waals surface area contributed by atoms with E-state index in [0.717, 1.165) is 68.9 Å². The number of anilines is 2. The van der Waals surface area contributed by atoms with Crippen LogP contribution in [0.5, 0.6) is 0 Å². The van der Waals surface area contributed by atoms with Crippen molar-refractivity contribution in [3.63, 3.8) is 0 Å². The summed E-state index contributed by atoms with van der Waals surface area (Å²) in [5.74, 6) is 1.13. The van der Waals surface area contributed by atoms with Gasteiger partial charge in [-0.15, -0.1) is 5.10 Å². The molecule has 0 bridgehead atoms. The molecule has 208 valence electrons. The lowest BCUT2D eigenvalue weighted by Crippen LogP contribution is -2.61. The number of hydrogen-bond acceptors (Lipinski definition) is 8. The summed E-state index contributed by atoms with van der Waals surface area (Å²) in [6.45, 7) is 15.4. The van der Waals surface area contributed by atoms with Crippen molar-refractivity contribution >= 4 is 23.5 Å². The summed E-state index contributed by atoms with van der Waals surface area (Å²) < 4.78 is 9.15. The monoisotopic (exact) mass is 539 g/mol. The number of nitrogens with one attached hydrogen (secondary N) is 1. The summed E-state index contributed by atoms with van der Waals surface area (Å²) in [5.41, 5.74) is 5.28. The van der Waals surface area contributed by atoms with Gasteiger partial charge < -0.3 is 15.0 Å². The van der Waals surface area contributed by atoms with Gasteiger partial charge in [-0.2, -0.15) is 15.3 Å². The second-order valence-corrected chi connectivity index (χ2v) is 11.1. The number of nitrogens with zero attached hydrogens (tertiary/aromatic N) is 8. The van der Waals surface area contributed by atoms with Crippen molar-refractivity contribution < 1.29 is 4.74 Å². The molecule has 1 aromatic carbocycles. The Balaban J connectivity index is 1.13. The first kappa shape index (κ1) is 26.3. The zero-order valence-corrected chi connectivity index (χ0v) is 23.2. The van der Waals surface area contributed by atoms with Crippen molar-refractivity contribution in [3.05, 3.63) is 66.3 Å². The van der Waals surface area contributed by atoms with E-state index in [-0.39, 0.29) is 5.54 Å². The number of aromatic nitrogens is 5. The van der Waals surface area contributed by atoms with E-state index in [1.54, 1.807) is 10.9 Å². The molecule has 0 unspecified atom stereocenters. The van der Waals surface area contributed by atoms with Crippen LogP contribution < -0.4 is 5.32 Å². The number of aryl methyl sites for hydroxylation is 1. The number of ether oxygens (including phenoxy) is 1. The van der Waals surface area contributed by atoms with E-state index >= 15 is 0 Å². The average molecular weight is 540 g/mol. The molecule has 0 spiro atoms. The SMILES string of the molecule is C=Cn1nc(Nc2ccc3c(c2)CCN(C2CCOCC2)C3)nc1C(=C)N1CC(CC#N)(n2cc(CC)cn2)C1. The first-order chi connectivity index (χ1) is 19.5. The van der Waals surface area contributed by atoms with Gasteiger partial charge in [-0.1, -0.05) is 26.1 Å². The maximum Gasteiger partial charge on any atom is 0.247 e. The largest absolute Gasteiger partial charge is 0.381 e. The molecular formula is C30H37N9O. The molecule has 5 heterocycles. The number of hydrogen-bond donors (Lipinski definition) is 1. The summed E-state index contributed by atoms with van der Waals surface area (Å²) in [6.07, 6.45) is 10.1. The quantitative estimate of drug-likeness (QED) is 0.435. The van der Waals surface area contributed by atoms with Crippen LogP contribution >= 0.6 is 0 Å². The third-order valence-corrected chi connectivity index (χ3v) is 8.56. The normalized spacial score (nSPS) is 18.9. The Morgan fingerprint density at radius 2 is 2.10 bits per heavy atom. The van der Waals surface area contributed by atoms with Gasteiger partial charge in [0.05, 0.1) is 24.4 Å². The molecule has 0 radical (unpaired) electrons. The van der Waals surface area contributed by atoms with Crippen LogP contribution in [0.15, 0.2) is 43.8 Å². The van der Waals surface area contributed by atoms with Crippen molar-refractivity contribution in [2.45, 2.75) is 57.2 Å². The Hall–Kier alpha value is -3.94. The fourth-order valence-electron chi connectivity index (χ4n) is 6.13. The summed E-state index contributed by atoms with van der Waals surface area (Å²) in [4.78, 5) is 9.51. The van der Waals surface area contributed by atoms with Crippen LogP contribution in [0, 0.1) is 11.3 Å². The lowest BCUT2D eigenvalue weighted by atomic mass is 9.86.